The quantitative estimate of drug-likeness (QED) is 0.567. The smallest absolute Gasteiger partial charge is 0.0788 e. The molecular formula is C15H18N2. The van der Waals surface area contributed by atoms with Gasteiger partial charge in [0.25, 0.3) is 0 Å². The molecule has 0 aromatic carbocycles. The van der Waals surface area contributed by atoms with Crippen LogP contribution in [0.25, 0.3) is 0 Å². The van der Waals surface area contributed by atoms with Crippen LogP contribution in [0.15, 0.2) is 33.8 Å². The van der Waals surface area contributed by atoms with Crippen molar-refractivity contribution in [1.29, 1.82) is 0 Å². The molecule has 0 bridgehead atoms. The maximum atomic E-state index is 4.77. The summed E-state index contributed by atoms with van der Waals surface area (Å²) in [4.78, 5) is 9.45. The monoisotopic (exact) mass is 226 g/mol. The molecule has 1 aliphatic heterocycles. The van der Waals surface area contributed by atoms with E-state index in [2.05, 4.69) is 23.2 Å². The van der Waals surface area contributed by atoms with Crippen LogP contribution in [0.1, 0.15) is 25.7 Å². The maximum Gasteiger partial charge on any atom is 0.0788 e. The molecule has 1 fully saturated rings. The second kappa shape index (κ2) is 3.66. The SMILES string of the molecule is C1=C[C@H]2CCCC3=CC4=NCCN=C4[C@@H](C1)[C@H]32. The highest BCUT2D eigenvalue weighted by atomic mass is 14.9. The van der Waals surface area contributed by atoms with Crippen LogP contribution in [0.5, 0.6) is 0 Å². The van der Waals surface area contributed by atoms with Crippen molar-refractivity contribution in [3.05, 3.63) is 23.8 Å². The largest absolute Gasteiger partial charge is 0.285 e. The second-order valence-corrected chi connectivity index (χ2v) is 5.61. The molecular weight excluding hydrogens is 208 g/mol. The standard InChI is InChI=1S/C15H18N2/c1-3-10-4-2-6-12-14(10)11(5-1)9-13-15(12)17-8-7-16-13/h2,4,9-10,12,14H,1,3,5-8H2/t10-,12+,14+/m1/s1. The Morgan fingerprint density at radius 2 is 2.12 bits per heavy atom. The molecule has 3 aliphatic carbocycles. The van der Waals surface area contributed by atoms with Crippen LogP contribution < -0.4 is 0 Å². The van der Waals surface area contributed by atoms with Gasteiger partial charge >= 0.3 is 0 Å². The molecule has 88 valence electrons. The van der Waals surface area contributed by atoms with Gasteiger partial charge in [-0.25, -0.2) is 0 Å². The molecule has 2 heteroatoms. The van der Waals surface area contributed by atoms with Crippen molar-refractivity contribution in [3.63, 3.8) is 0 Å². The summed E-state index contributed by atoms with van der Waals surface area (Å²) in [5.41, 5.74) is 4.19. The van der Waals surface area contributed by atoms with E-state index in [1.54, 1.807) is 5.57 Å². The predicted octanol–water partition coefficient (Wildman–Crippen LogP) is 2.81. The van der Waals surface area contributed by atoms with Crippen molar-refractivity contribution in [2.24, 2.45) is 27.7 Å². The zero-order valence-corrected chi connectivity index (χ0v) is 10.1. The van der Waals surface area contributed by atoms with Crippen molar-refractivity contribution < 1.29 is 0 Å². The van der Waals surface area contributed by atoms with E-state index in [4.69, 9.17) is 4.99 Å². The van der Waals surface area contributed by atoms with Crippen molar-refractivity contribution in [1.82, 2.24) is 0 Å². The third kappa shape index (κ3) is 1.39. The van der Waals surface area contributed by atoms with Crippen molar-refractivity contribution in [2.45, 2.75) is 25.7 Å². The summed E-state index contributed by atoms with van der Waals surface area (Å²) in [6.45, 7) is 1.79. The summed E-state index contributed by atoms with van der Waals surface area (Å²) in [6.07, 6.45) is 12.4. The number of allylic oxidation sites excluding steroid dienone is 4. The van der Waals surface area contributed by atoms with E-state index in [0.717, 1.165) is 24.9 Å². The van der Waals surface area contributed by atoms with Gasteiger partial charge in [-0.3, -0.25) is 9.98 Å². The second-order valence-electron chi connectivity index (χ2n) is 5.61. The van der Waals surface area contributed by atoms with E-state index in [-0.39, 0.29) is 0 Å². The third-order valence-corrected chi connectivity index (χ3v) is 4.70. The summed E-state index contributed by atoms with van der Waals surface area (Å²) < 4.78 is 0. The van der Waals surface area contributed by atoms with Crippen molar-refractivity contribution in [2.75, 3.05) is 13.1 Å². The highest BCUT2D eigenvalue weighted by molar-refractivity contribution is 6.48. The van der Waals surface area contributed by atoms with Crippen LogP contribution in [-0.4, -0.2) is 24.5 Å². The van der Waals surface area contributed by atoms with Gasteiger partial charge in [-0.05, 0) is 43.6 Å². The first-order valence-corrected chi connectivity index (χ1v) is 6.90. The molecule has 0 radical (unpaired) electrons. The number of hydrogen-bond donors (Lipinski definition) is 0. The Bertz CT molecular complexity index is 467. The molecule has 0 amide bonds. The fourth-order valence-electron chi connectivity index (χ4n) is 4.04. The lowest BCUT2D eigenvalue weighted by Gasteiger charge is -2.44. The average molecular weight is 226 g/mol. The highest BCUT2D eigenvalue weighted by Crippen LogP contribution is 2.46. The Kier molecular flexibility index (Phi) is 2.11. The lowest BCUT2D eigenvalue weighted by molar-refractivity contribution is 0.291. The zero-order valence-electron chi connectivity index (χ0n) is 10.1. The van der Waals surface area contributed by atoms with Gasteiger partial charge in [0.1, 0.15) is 0 Å². The minimum Gasteiger partial charge on any atom is -0.285 e. The Hall–Kier alpha value is -1.18. The third-order valence-electron chi connectivity index (χ3n) is 4.70. The molecule has 0 N–H and O–H groups in total. The first kappa shape index (κ1) is 9.81. The fraction of sp³-hybridized carbons (Fsp3) is 0.600. The van der Waals surface area contributed by atoms with Crippen LogP contribution in [-0.2, 0) is 0 Å². The summed E-state index contributed by atoms with van der Waals surface area (Å²) in [5, 5.41) is 0. The topological polar surface area (TPSA) is 24.7 Å². The van der Waals surface area contributed by atoms with Crippen LogP contribution in [0.3, 0.4) is 0 Å². The van der Waals surface area contributed by atoms with E-state index in [0.29, 0.717) is 5.92 Å². The number of fused-ring (bicyclic) bond motifs is 2. The molecule has 3 atom stereocenters. The molecule has 17 heavy (non-hydrogen) atoms. The summed E-state index contributed by atoms with van der Waals surface area (Å²) in [7, 11) is 0. The van der Waals surface area contributed by atoms with Crippen LogP contribution in [0, 0.1) is 17.8 Å². The van der Waals surface area contributed by atoms with Crippen molar-refractivity contribution >= 4 is 11.4 Å². The van der Waals surface area contributed by atoms with Crippen molar-refractivity contribution in [3.8, 4) is 0 Å². The lowest BCUT2D eigenvalue weighted by Crippen LogP contribution is -2.42. The van der Waals surface area contributed by atoms with E-state index in [1.807, 2.05) is 0 Å². The van der Waals surface area contributed by atoms with E-state index < -0.39 is 0 Å². The molecule has 1 saturated carbocycles. The zero-order chi connectivity index (χ0) is 11.2. The molecule has 1 heterocycles. The van der Waals surface area contributed by atoms with Gasteiger partial charge in [0, 0.05) is 5.92 Å². The normalized spacial score (nSPS) is 38.6. The molecule has 0 aromatic rings. The van der Waals surface area contributed by atoms with Crippen LogP contribution in [0.4, 0.5) is 0 Å². The predicted molar refractivity (Wildman–Crippen MR) is 70.8 cm³/mol. The van der Waals surface area contributed by atoms with Gasteiger partial charge in [-0.1, -0.05) is 17.7 Å². The van der Waals surface area contributed by atoms with E-state index in [1.165, 1.54) is 37.1 Å². The Morgan fingerprint density at radius 1 is 1.18 bits per heavy atom. The number of hydrogen-bond acceptors (Lipinski definition) is 2. The minimum atomic E-state index is 0.643. The highest BCUT2D eigenvalue weighted by Gasteiger charge is 2.41. The molecule has 0 spiro atoms. The molecule has 0 saturated heterocycles. The van der Waals surface area contributed by atoms with Gasteiger partial charge in [0.15, 0.2) is 0 Å². The Labute approximate surface area is 102 Å². The minimum absolute atomic E-state index is 0.643. The molecule has 4 aliphatic rings. The average Bonchev–Trinajstić information content (AvgIpc) is 2.39. The summed E-state index contributed by atoms with van der Waals surface area (Å²) in [6, 6.07) is 0. The number of nitrogens with zero attached hydrogens (tertiary/aromatic N) is 2. The van der Waals surface area contributed by atoms with Crippen LogP contribution >= 0.6 is 0 Å². The molecule has 0 unspecified atom stereocenters. The van der Waals surface area contributed by atoms with Gasteiger partial charge < -0.3 is 0 Å². The lowest BCUT2D eigenvalue weighted by atomic mass is 9.61. The van der Waals surface area contributed by atoms with Gasteiger partial charge in [-0.15, -0.1) is 0 Å². The number of rotatable bonds is 0. The molecule has 2 nitrogen and oxygen atoms in total. The Morgan fingerprint density at radius 3 is 3.12 bits per heavy atom. The first-order valence-electron chi connectivity index (χ1n) is 6.90. The van der Waals surface area contributed by atoms with E-state index in [9.17, 15) is 0 Å². The van der Waals surface area contributed by atoms with Gasteiger partial charge in [-0.2, -0.15) is 0 Å². The summed E-state index contributed by atoms with van der Waals surface area (Å²) >= 11 is 0. The molecule has 0 aromatic heterocycles. The van der Waals surface area contributed by atoms with Gasteiger partial charge in [0.2, 0.25) is 0 Å². The van der Waals surface area contributed by atoms with E-state index >= 15 is 0 Å². The maximum absolute atomic E-state index is 4.77. The first-order chi connectivity index (χ1) is 8.43. The number of aliphatic imine (C=N–C) groups is 2. The summed E-state index contributed by atoms with van der Waals surface area (Å²) in [5.74, 6) is 2.17. The fourth-order valence-corrected chi connectivity index (χ4v) is 4.04. The Balaban J connectivity index is 1.85. The molecule has 4 rings (SSSR count). The van der Waals surface area contributed by atoms with Crippen LogP contribution in [0.2, 0.25) is 0 Å². The van der Waals surface area contributed by atoms with Gasteiger partial charge in [0.05, 0.1) is 24.5 Å².